The molecule has 0 bridgehead atoms. The zero-order chi connectivity index (χ0) is 14.2. The number of morpholine rings is 1. The molecule has 0 aliphatic carbocycles. The van der Waals surface area contributed by atoms with Gasteiger partial charge >= 0.3 is 0 Å². The average Bonchev–Trinajstić information content (AvgIpc) is 2.50. The second kappa shape index (κ2) is 7.88. The third kappa shape index (κ3) is 3.96. The summed E-state index contributed by atoms with van der Waals surface area (Å²) < 4.78 is 11.1. The monoisotopic (exact) mass is 274 g/mol. The van der Waals surface area contributed by atoms with Crippen LogP contribution in [-0.4, -0.2) is 37.8 Å². The van der Waals surface area contributed by atoms with Gasteiger partial charge in [-0.1, -0.05) is 25.5 Å². The Hall–Kier alpha value is -1.57. The topological polar surface area (TPSA) is 45.5 Å². The molecule has 1 aliphatic heterocycles. The molecule has 20 heavy (non-hydrogen) atoms. The Morgan fingerprint density at radius 3 is 2.90 bits per heavy atom. The van der Waals surface area contributed by atoms with Gasteiger partial charge < -0.3 is 9.47 Å². The summed E-state index contributed by atoms with van der Waals surface area (Å²) in [6.07, 6.45) is 2.17. The lowest BCUT2D eigenvalue weighted by atomic mass is 10.1. The number of ether oxygens (including phenoxy) is 2. The Labute approximate surface area is 120 Å². The zero-order valence-electron chi connectivity index (χ0n) is 12.0. The van der Waals surface area contributed by atoms with Crippen LogP contribution in [0, 0.1) is 11.3 Å². The van der Waals surface area contributed by atoms with Crippen molar-refractivity contribution in [1.29, 1.82) is 5.26 Å². The standard InChI is InChI=1S/C16H22N2O2/c1-2-3-9-20-15-6-4-5-14(12-15)16(13-17)18-7-10-19-11-8-18/h4-6,12,16H,2-3,7-11H2,1H3. The molecule has 1 heterocycles. The molecule has 1 unspecified atom stereocenters. The highest BCUT2D eigenvalue weighted by atomic mass is 16.5. The number of benzene rings is 1. The van der Waals surface area contributed by atoms with E-state index in [0.717, 1.165) is 43.9 Å². The van der Waals surface area contributed by atoms with E-state index < -0.39 is 0 Å². The third-order valence-corrected chi connectivity index (χ3v) is 3.47. The number of hydrogen-bond acceptors (Lipinski definition) is 4. The van der Waals surface area contributed by atoms with Crippen molar-refractivity contribution in [3.8, 4) is 11.8 Å². The molecular formula is C16H22N2O2. The zero-order valence-corrected chi connectivity index (χ0v) is 12.0. The Balaban J connectivity index is 2.05. The Kier molecular flexibility index (Phi) is 5.85. The van der Waals surface area contributed by atoms with E-state index in [2.05, 4.69) is 17.9 Å². The van der Waals surface area contributed by atoms with Gasteiger partial charge in [-0.25, -0.2) is 0 Å². The molecule has 0 aromatic heterocycles. The maximum absolute atomic E-state index is 9.46. The van der Waals surface area contributed by atoms with Crippen molar-refractivity contribution in [2.75, 3.05) is 32.9 Å². The van der Waals surface area contributed by atoms with Crippen LogP contribution in [0.25, 0.3) is 0 Å². The van der Waals surface area contributed by atoms with Gasteiger partial charge in [0.2, 0.25) is 0 Å². The van der Waals surface area contributed by atoms with E-state index in [9.17, 15) is 5.26 Å². The minimum absolute atomic E-state index is 0.214. The lowest BCUT2D eigenvalue weighted by molar-refractivity contribution is 0.0266. The Bertz CT molecular complexity index is 450. The second-order valence-corrected chi connectivity index (χ2v) is 4.95. The summed E-state index contributed by atoms with van der Waals surface area (Å²) >= 11 is 0. The molecule has 4 heteroatoms. The van der Waals surface area contributed by atoms with Crippen LogP contribution in [0.15, 0.2) is 24.3 Å². The van der Waals surface area contributed by atoms with Gasteiger partial charge in [0.15, 0.2) is 0 Å². The highest BCUT2D eigenvalue weighted by molar-refractivity contribution is 5.33. The summed E-state index contributed by atoms with van der Waals surface area (Å²) in [5.41, 5.74) is 1.00. The van der Waals surface area contributed by atoms with E-state index >= 15 is 0 Å². The van der Waals surface area contributed by atoms with Gasteiger partial charge in [-0.3, -0.25) is 4.90 Å². The van der Waals surface area contributed by atoms with Crippen LogP contribution in [0.1, 0.15) is 31.4 Å². The van der Waals surface area contributed by atoms with Crippen molar-refractivity contribution in [2.24, 2.45) is 0 Å². The third-order valence-electron chi connectivity index (χ3n) is 3.47. The normalized spacial score (nSPS) is 17.4. The highest BCUT2D eigenvalue weighted by Gasteiger charge is 2.22. The molecule has 0 radical (unpaired) electrons. The van der Waals surface area contributed by atoms with Gasteiger partial charge in [-0.05, 0) is 24.1 Å². The summed E-state index contributed by atoms with van der Waals surface area (Å²) in [6.45, 7) is 5.88. The van der Waals surface area contributed by atoms with Crippen molar-refractivity contribution >= 4 is 0 Å². The predicted molar refractivity (Wildman–Crippen MR) is 77.6 cm³/mol. The first-order chi connectivity index (χ1) is 9.85. The van der Waals surface area contributed by atoms with E-state index in [1.54, 1.807) is 0 Å². The van der Waals surface area contributed by atoms with Crippen LogP contribution in [-0.2, 0) is 4.74 Å². The van der Waals surface area contributed by atoms with Crippen LogP contribution in [0.4, 0.5) is 0 Å². The first-order valence-electron chi connectivity index (χ1n) is 7.29. The van der Waals surface area contributed by atoms with Crippen molar-refractivity contribution in [3.63, 3.8) is 0 Å². The molecule has 1 saturated heterocycles. The summed E-state index contributed by atoms with van der Waals surface area (Å²) in [7, 11) is 0. The molecule has 2 rings (SSSR count). The molecule has 1 aromatic rings. The fraction of sp³-hybridized carbons (Fsp3) is 0.562. The quantitative estimate of drug-likeness (QED) is 0.748. The summed E-state index contributed by atoms with van der Waals surface area (Å²) in [4.78, 5) is 2.16. The smallest absolute Gasteiger partial charge is 0.124 e. The van der Waals surface area contributed by atoms with Crippen LogP contribution < -0.4 is 4.74 Å². The van der Waals surface area contributed by atoms with E-state index in [0.29, 0.717) is 13.2 Å². The summed E-state index contributed by atoms with van der Waals surface area (Å²) in [5, 5.41) is 9.46. The van der Waals surface area contributed by atoms with Gasteiger partial charge in [0.25, 0.3) is 0 Å². The van der Waals surface area contributed by atoms with Gasteiger partial charge in [0.05, 0.1) is 25.9 Å². The highest BCUT2D eigenvalue weighted by Crippen LogP contribution is 2.24. The SMILES string of the molecule is CCCCOc1cccc(C(C#N)N2CCOCC2)c1. The lowest BCUT2D eigenvalue weighted by Crippen LogP contribution is -2.38. The van der Waals surface area contributed by atoms with Crippen molar-refractivity contribution in [2.45, 2.75) is 25.8 Å². The maximum atomic E-state index is 9.46. The number of rotatable bonds is 6. The van der Waals surface area contributed by atoms with Gasteiger partial charge in [-0.2, -0.15) is 5.26 Å². The van der Waals surface area contributed by atoms with E-state index in [1.807, 2.05) is 24.3 Å². The van der Waals surface area contributed by atoms with Gasteiger partial charge in [0.1, 0.15) is 11.8 Å². The second-order valence-electron chi connectivity index (χ2n) is 4.95. The molecule has 1 atom stereocenters. The van der Waals surface area contributed by atoms with Crippen molar-refractivity contribution in [3.05, 3.63) is 29.8 Å². The van der Waals surface area contributed by atoms with Gasteiger partial charge in [0, 0.05) is 13.1 Å². The summed E-state index contributed by atoms with van der Waals surface area (Å²) in [5.74, 6) is 0.851. The van der Waals surface area contributed by atoms with Crippen LogP contribution in [0.3, 0.4) is 0 Å². The molecule has 108 valence electrons. The molecular weight excluding hydrogens is 252 g/mol. The van der Waals surface area contributed by atoms with Gasteiger partial charge in [-0.15, -0.1) is 0 Å². The number of hydrogen-bond donors (Lipinski definition) is 0. The Morgan fingerprint density at radius 1 is 1.40 bits per heavy atom. The number of unbranched alkanes of at least 4 members (excludes halogenated alkanes) is 1. The van der Waals surface area contributed by atoms with E-state index in [4.69, 9.17) is 9.47 Å². The molecule has 1 fully saturated rings. The lowest BCUT2D eigenvalue weighted by Gasteiger charge is -2.30. The predicted octanol–water partition coefficient (Wildman–Crippen LogP) is 2.76. The van der Waals surface area contributed by atoms with Crippen LogP contribution >= 0.6 is 0 Å². The summed E-state index contributed by atoms with van der Waals surface area (Å²) in [6, 6.07) is 10.1. The van der Waals surface area contributed by atoms with Crippen LogP contribution in [0.5, 0.6) is 5.75 Å². The van der Waals surface area contributed by atoms with E-state index in [-0.39, 0.29) is 6.04 Å². The number of nitrogens with zero attached hydrogens (tertiary/aromatic N) is 2. The number of nitriles is 1. The van der Waals surface area contributed by atoms with Crippen LogP contribution in [0.2, 0.25) is 0 Å². The minimum Gasteiger partial charge on any atom is -0.494 e. The Morgan fingerprint density at radius 2 is 2.20 bits per heavy atom. The molecule has 4 nitrogen and oxygen atoms in total. The minimum atomic E-state index is -0.214. The van der Waals surface area contributed by atoms with E-state index in [1.165, 1.54) is 0 Å². The molecule has 0 spiro atoms. The molecule has 1 aliphatic rings. The first-order valence-corrected chi connectivity index (χ1v) is 7.29. The molecule has 0 amide bonds. The first kappa shape index (κ1) is 14.8. The largest absolute Gasteiger partial charge is 0.494 e. The fourth-order valence-electron chi connectivity index (χ4n) is 2.31. The van der Waals surface area contributed by atoms with Crippen molar-refractivity contribution < 1.29 is 9.47 Å². The molecule has 1 aromatic carbocycles. The average molecular weight is 274 g/mol. The maximum Gasteiger partial charge on any atom is 0.124 e. The fourth-order valence-corrected chi connectivity index (χ4v) is 2.31. The van der Waals surface area contributed by atoms with Crippen molar-refractivity contribution in [1.82, 2.24) is 4.90 Å². The molecule has 0 N–H and O–H groups in total. The molecule has 0 saturated carbocycles.